The van der Waals surface area contributed by atoms with Crippen molar-refractivity contribution >= 4 is 35.0 Å². The lowest BCUT2D eigenvalue weighted by molar-refractivity contribution is -0.141. The van der Waals surface area contributed by atoms with E-state index in [1.165, 1.54) is 0 Å². The molecule has 1 N–H and O–H groups in total. The second-order valence-corrected chi connectivity index (χ2v) is 11.2. The van der Waals surface area contributed by atoms with E-state index in [1.54, 1.807) is 23.1 Å². The number of carbonyl (C=O) groups is 2. The Morgan fingerprint density at radius 1 is 0.861 bits per heavy atom. The Bertz CT molecular complexity index is 1180. The highest BCUT2D eigenvalue weighted by Crippen LogP contribution is 2.28. The van der Waals surface area contributed by atoms with Gasteiger partial charge in [-0.15, -0.1) is 0 Å². The van der Waals surface area contributed by atoms with Gasteiger partial charge in [0.25, 0.3) is 0 Å². The van der Waals surface area contributed by atoms with Crippen LogP contribution in [0, 0.1) is 13.8 Å². The van der Waals surface area contributed by atoms with Gasteiger partial charge in [-0.2, -0.15) is 0 Å². The fourth-order valence-corrected chi connectivity index (χ4v) is 4.82. The quantitative estimate of drug-likeness (QED) is 0.356. The molecule has 2 amide bonds. The van der Waals surface area contributed by atoms with E-state index in [4.69, 9.17) is 23.2 Å². The van der Waals surface area contributed by atoms with Gasteiger partial charge in [-0.3, -0.25) is 9.59 Å². The Morgan fingerprint density at radius 2 is 1.44 bits per heavy atom. The van der Waals surface area contributed by atoms with Crippen LogP contribution in [0.1, 0.15) is 48.6 Å². The van der Waals surface area contributed by atoms with Crippen molar-refractivity contribution in [1.82, 2.24) is 10.2 Å². The summed E-state index contributed by atoms with van der Waals surface area (Å²) in [5.74, 6) is -0.385. The summed E-state index contributed by atoms with van der Waals surface area (Å²) in [6.07, 6.45) is 0.530. The third-order valence-electron chi connectivity index (χ3n) is 5.80. The van der Waals surface area contributed by atoms with Gasteiger partial charge in [0.15, 0.2) is 0 Å². The number of aryl methyl sites for hydroxylation is 2. The molecule has 4 nitrogen and oxygen atoms in total. The summed E-state index contributed by atoms with van der Waals surface area (Å²) in [4.78, 5) is 29.2. The van der Waals surface area contributed by atoms with Gasteiger partial charge in [-0.25, -0.2) is 0 Å². The Hall–Kier alpha value is -2.82. The van der Waals surface area contributed by atoms with Gasteiger partial charge in [0.1, 0.15) is 6.04 Å². The van der Waals surface area contributed by atoms with Crippen LogP contribution in [0.4, 0.5) is 0 Å². The van der Waals surface area contributed by atoms with Crippen LogP contribution in [0.25, 0.3) is 0 Å². The molecule has 0 saturated carbocycles. The number of hydrogen-bond acceptors (Lipinski definition) is 2. The molecule has 1 atom stereocenters. The van der Waals surface area contributed by atoms with Crippen molar-refractivity contribution in [3.05, 3.63) is 105 Å². The second kappa shape index (κ2) is 11.9. The maximum absolute atomic E-state index is 13.9. The first kappa shape index (κ1) is 27.8. The average Bonchev–Trinajstić information content (AvgIpc) is 2.76. The van der Waals surface area contributed by atoms with Gasteiger partial charge in [-0.05, 0) is 57.9 Å². The molecule has 3 aromatic rings. The summed E-state index contributed by atoms with van der Waals surface area (Å²) in [7, 11) is 0. The molecule has 36 heavy (non-hydrogen) atoms. The molecule has 0 aliphatic carbocycles. The van der Waals surface area contributed by atoms with Crippen molar-refractivity contribution in [2.24, 2.45) is 0 Å². The van der Waals surface area contributed by atoms with Crippen LogP contribution in [0.15, 0.2) is 66.7 Å². The van der Waals surface area contributed by atoms with Crippen LogP contribution >= 0.6 is 23.2 Å². The summed E-state index contributed by atoms with van der Waals surface area (Å²) < 4.78 is 0. The molecule has 0 bridgehead atoms. The highest BCUT2D eigenvalue weighted by molar-refractivity contribution is 6.36. The second-order valence-electron chi connectivity index (χ2n) is 10.3. The number of carbonyl (C=O) groups excluding carboxylic acids is 2. The zero-order valence-corrected chi connectivity index (χ0v) is 23.1. The topological polar surface area (TPSA) is 49.4 Å². The first-order chi connectivity index (χ1) is 16.9. The predicted molar refractivity (Wildman–Crippen MR) is 148 cm³/mol. The molecule has 6 heteroatoms. The van der Waals surface area contributed by atoms with Crippen LogP contribution in [0.5, 0.6) is 0 Å². The van der Waals surface area contributed by atoms with E-state index in [9.17, 15) is 9.59 Å². The summed E-state index contributed by atoms with van der Waals surface area (Å²) >= 11 is 13.0. The van der Waals surface area contributed by atoms with Crippen LogP contribution in [-0.4, -0.2) is 28.3 Å². The third kappa shape index (κ3) is 7.84. The smallest absolute Gasteiger partial charge is 0.243 e. The SMILES string of the molecule is Cc1cc(C)cc(CC(=O)N(Cc2c(Cl)cccc2Cl)[C@@H](Cc2ccccc2)C(=O)NC(C)(C)C)c1. The molecule has 3 aromatic carbocycles. The molecule has 0 saturated heterocycles. The van der Waals surface area contributed by atoms with E-state index in [2.05, 4.69) is 11.4 Å². The number of hydrogen-bond donors (Lipinski definition) is 1. The molecule has 0 radical (unpaired) electrons. The van der Waals surface area contributed by atoms with E-state index >= 15 is 0 Å². The van der Waals surface area contributed by atoms with Crippen molar-refractivity contribution in [3.63, 3.8) is 0 Å². The largest absolute Gasteiger partial charge is 0.350 e. The zero-order valence-electron chi connectivity index (χ0n) is 21.6. The molecule has 0 heterocycles. The van der Waals surface area contributed by atoms with Crippen molar-refractivity contribution in [3.8, 4) is 0 Å². The van der Waals surface area contributed by atoms with Crippen LogP contribution < -0.4 is 5.32 Å². The standard InChI is InChI=1S/C30H34Cl2N2O2/c1-20-14-21(2)16-23(15-20)18-28(35)34(19-24-25(31)12-9-13-26(24)32)27(29(36)33-30(3,4)5)17-22-10-7-6-8-11-22/h6-16,27H,17-19H2,1-5H3,(H,33,36)/t27-/m0/s1. The normalized spacial score (nSPS) is 12.2. The number of nitrogens with one attached hydrogen (secondary N) is 1. The lowest BCUT2D eigenvalue weighted by atomic mass is 9.99. The number of halogens is 2. The molecule has 190 valence electrons. The van der Waals surface area contributed by atoms with Crippen molar-refractivity contribution in [2.75, 3.05) is 0 Å². The van der Waals surface area contributed by atoms with E-state index in [1.807, 2.05) is 77.1 Å². The molecule has 0 aromatic heterocycles. The zero-order chi connectivity index (χ0) is 26.5. The molecular weight excluding hydrogens is 491 g/mol. The molecular formula is C30H34Cl2N2O2. The Morgan fingerprint density at radius 3 is 2.00 bits per heavy atom. The van der Waals surface area contributed by atoms with E-state index in [0.717, 1.165) is 22.3 Å². The maximum Gasteiger partial charge on any atom is 0.243 e. The lowest BCUT2D eigenvalue weighted by Crippen LogP contribution is -2.54. The highest BCUT2D eigenvalue weighted by atomic mass is 35.5. The van der Waals surface area contributed by atoms with Gasteiger partial charge in [-0.1, -0.05) is 88.9 Å². The first-order valence-corrected chi connectivity index (χ1v) is 12.8. The minimum Gasteiger partial charge on any atom is -0.350 e. The maximum atomic E-state index is 13.9. The number of nitrogens with zero attached hydrogens (tertiary/aromatic N) is 1. The molecule has 3 rings (SSSR count). The lowest BCUT2D eigenvalue weighted by Gasteiger charge is -2.34. The van der Waals surface area contributed by atoms with Crippen LogP contribution in [-0.2, 0) is 29.0 Å². The number of benzene rings is 3. The third-order valence-corrected chi connectivity index (χ3v) is 6.50. The van der Waals surface area contributed by atoms with Gasteiger partial charge in [0, 0.05) is 34.1 Å². The molecule has 0 aliphatic rings. The Labute approximate surface area is 224 Å². The van der Waals surface area contributed by atoms with Crippen molar-refractivity contribution < 1.29 is 9.59 Å². The van der Waals surface area contributed by atoms with Crippen molar-refractivity contribution in [2.45, 2.75) is 65.6 Å². The average molecular weight is 526 g/mol. The summed E-state index contributed by atoms with van der Waals surface area (Å²) in [5.41, 5.74) is 4.20. The number of amides is 2. The van der Waals surface area contributed by atoms with E-state index < -0.39 is 11.6 Å². The van der Waals surface area contributed by atoms with Crippen molar-refractivity contribution in [1.29, 1.82) is 0 Å². The summed E-state index contributed by atoms with van der Waals surface area (Å²) in [5, 5.41) is 3.99. The Kier molecular flexibility index (Phi) is 9.21. The minimum atomic E-state index is -0.752. The van der Waals surface area contributed by atoms with Crippen LogP contribution in [0.3, 0.4) is 0 Å². The fourth-order valence-electron chi connectivity index (χ4n) is 4.31. The van der Waals surface area contributed by atoms with Crippen LogP contribution in [0.2, 0.25) is 10.0 Å². The monoisotopic (exact) mass is 524 g/mol. The molecule has 0 unspecified atom stereocenters. The number of rotatable bonds is 8. The van der Waals surface area contributed by atoms with Gasteiger partial charge in [0.05, 0.1) is 6.42 Å². The fraction of sp³-hybridized carbons (Fsp3) is 0.333. The highest BCUT2D eigenvalue weighted by Gasteiger charge is 2.33. The van der Waals surface area contributed by atoms with Gasteiger partial charge >= 0.3 is 0 Å². The summed E-state index contributed by atoms with van der Waals surface area (Å²) in [6, 6.07) is 20.3. The van der Waals surface area contributed by atoms with E-state index in [-0.39, 0.29) is 24.8 Å². The van der Waals surface area contributed by atoms with E-state index in [0.29, 0.717) is 22.0 Å². The Balaban J connectivity index is 2.06. The molecule has 0 aliphatic heterocycles. The predicted octanol–water partition coefficient (Wildman–Crippen LogP) is 6.71. The van der Waals surface area contributed by atoms with Gasteiger partial charge in [0.2, 0.25) is 11.8 Å². The molecule has 0 spiro atoms. The van der Waals surface area contributed by atoms with Gasteiger partial charge < -0.3 is 10.2 Å². The summed E-state index contributed by atoms with van der Waals surface area (Å²) in [6.45, 7) is 9.93. The minimum absolute atomic E-state index is 0.122. The first-order valence-electron chi connectivity index (χ1n) is 12.1. The molecule has 0 fully saturated rings.